The van der Waals surface area contributed by atoms with Crippen molar-refractivity contribution in [3.8, 4) is 45.3 Å². The Morgan fingerprint density at radius 1 is 0.434 bits per heavy atom. The molecule has 250 valence electrons. The number of hydrogen-bond acceptors (Lipinski definition) is 4. The smallest absolute Gasteiger partial charge is 0.164 e. The van der Waals surface area contributed by atoms with Crippen LogP contribution in [0, 0.1) is 0 Å². The molecule has 53 heavy (non-hydrogen) atoms. The van der Waals surface area contributed by atoms with Crippen LogP contribution in [0.3, 0.4) is 0 Å². The first-order chi connectivity index (χ1) is 26.3. The Hall–Kier alpha value is -6.91. The van der Waals surface area contributed by atoms with Crippen LogP contribution >= 0.6 is 0 Å². The van der Waals surface area contributed by atoms with Crippen molar-refractivity contribution in [3.63, 3.8) is 0 Å². The van der Waals surface area contributed by atoms with Gasteiger partial charge in [0.2, 0.25) is 0 Å². The van der Waals surface area contributed by atoms with Crippen LogP contribution in [0.1, 0.15) is 34.6 Å². The summed E-state index contributed by atoms with van der Waals surface area (Å²) in [4.78, 5) is 15.5. The highest BCUT2D eigenvalue weighted by molar-refractivity contribution is 6.13. The van der Waals surface area contributed by atoms with Crippen LogP contribution in [0.4, 0.5) is 0 Å². The molecule has 2 aromatic heterocycles. The van der Waals surface area contributed by atoms with Crippen molar-refractivity contribution in [2.45, 2.75) is 12.3 Å². The zero-order valence-corrected chi connectivity index (χ0v) is 28.9. The minimum Gasteiger partial charge on any atom is -0.456 e. The van der Waals surface area contributed by atoms with Crippen molar-refractivity contribution < 1.29 is 4.42 Å². The van der Waals surface area contributed by atoms with E-state index in [0.717, 1.165) is 56.2 Å². The molecule has 0 spiro atoms. The van der Waals surface area contributed by atoms with Gasteiger partial charge in [0, 0.05) is 33.4 Å². The highest BCUT2D eigenvalue weighted by atomic mass is 16.3. The third-order valence-electron chi connectivity index (χ3n) is 10.3. The number of rotatable bonds is 6. The maximum Gasteiger partial charge on any atom is 0.164 e. The van der Waals surface area contributed by atoms with E-state index in [-0.39, 0.29) is 0 Å². The molecule has 1 aliphatic carbocycles. The van der Waals surface area contributed by atoms with Gasteiger partial charge in [-0.25, -0.2) is 15.0 Å². The first kappa shape index (κ1) is 30.9. The Morgan fingerprint density at radius 3 is 1.75 bits per heavy atom. The Labute approximate surface area is 307 Å². The van der Waals surface area contributed by atoms with E-state index in [9.17, 15) is 0 Å². The van der Waals surface area contributed by atoms with Crippen molar-refractivity contribution in [2.75, 3.05) is 0 Å². The molecule has 0 fully saturated rings. The molecule has 1 unspecified atom stereocenters. The molecule has 0 radical (unpaired) electrons. The maximum absolute atomic E-state index is 6.61. The van der Waals surface area contributed by atoms with Gasteiger partial charge in [0.1, 0.15) is 11.2 Å². The van der Waals surface area contributed by atoms with Crippen LogP contribution in [-0.2, 0) is 0 Å². The van der Waals surface area contributed by atoms with Gasteiger partial charge in [-0.1, -0.05) is 164 Å². The number of aromatic nitrogens is 3. The molecular weight excluding hydrogens is 647 g/mol. The van der Waals surface area contributed by atoms with Gasteiger partial charge < -0.3 is 4.42 Å². The van der Waals surface area contributed by atoms with Gasteiger partial charge in [-0.2, -0.15) is 0 Å². The Bertz CT molecular complexity index is 2790. The standard InChI is InChI=1S/C49H33N3O/c1-4-14-32(15-5-1)33-24-26-36(27-25-33)48-50-47(35-18-8-3-9-19-35)51-49(52-48)43-30-37(31-45-46(43)42-22-12-13-23-44(42)53-45)39-29-28-38(34-16-6-2-7-17-34)40-20-10-11-21-41(39)40/h1-27,29-31,38H,28H2. The van der Waals surface area contributed by atoms with Crippen molar-refractivity contribution in [1.29, 1.82) is 0 Å². The average molecular weight is 680 g/mol. The van der Waals surface area contributed by atoms with E-state index in [4.69, 9.17) is 19.4 Å². The van der Waals surface area contributed by atoms with Gasteiger partial charge >= 0.3 is 0 Å². The summed E-state index contributed by atoms with van der Waals surface area (Å²) in [7, 11) is 0. The summed E-state index contributed by atoms with van der Waals surface area (Å²) in [6.07, 6.45) is 3.28. The molecule has 10 rings (SSSR count). The maximum atomic E-state index is 6.61. The lowest BCUT2D eigenvalue weighted by Gasteiger charge is -2.26. The molecule has 0 amide bonds. The zero-order chi connectivity index (χ0) is 35.1. The van der Waals surface area contributed by atoms with Crippen LogP contribution in [-0.4, -0.2) is 15.0 Å². The molecule has 2 heterocycles. The number of benzene rings is 7. The lowest BCUT2D eigenvalue weighted by molar-refractivity contribution is 0.669. The Balaban J connectivity index is 1.18. The van der Waals surface area contributed by atoms with Crippen molar-refractivity contribution in [2.24, 2.45) is 0 Å². The summed E-state index contributed by atoms with van der Waals surface area (Å²) in [5.74, 6) is 2.13. The van der Waals surface area contributed by atoms with E-state index in [1.54, 1.807) is 0 Å². The minimum absolute atomic E-state index is 0.290. The van der Waals surface area contributed by atoms with Crippen LogP contribution in [0.25, 0.3) is 72.8 Å². The first-order valence-electron chi connectivity index (χ1n) is 18.0. The molecule has 0 saturated heterocycles. The fourth-order valence-electron chi connectivity index (χ4n) is 7.76. The summed E-state index contributed by atoms with van der Waals surface area (Å²) in [5.41, 5.74) is 12.8. The van der Waals surface area contributed by atoms with E-state index in [1.807, 2.05) is 48.5 Å². The zero-order valence-electron chi connectivity index (χ0n) is 28.9. The highest BCUT2D eigenvalue weighted by Crippen LogP contribution is 2.44. The fourth-order valence-corrected chi connectivity index (χ4v) is 7.76. The Morgan fingerprint density at radius 2 is 1.00 bits per heavy atom. The number of allylic oxidation sites excluding steroid dienone is 1. The summed E-state index contributed by atoms with van der Waals surface area (Å²) in [5, 5.41) is 2.02. The second kappa shape index (κ2) is 13.0. The lowest BCUT2D eigenvalue weighted by Crippen LogP contribution is -2.09. The van der Waals surface area contributed by atoms with Gasteiger partial charge in [0.05, 0.1) is 0 Å². The molecule has 0 aliphatic heterocycles. The van der Waals surface area contributed by atoms with Crippen LogP contribution in [0.2, 0.25) is 0 Å². The van der Waals surface area contributed by atoms with Crippen LogP contribution < -0.4 is 0 Å². The predicted molar refractivity (Wildman–Crippen MR) is 215 cm³/mol. The normalized spacial score (nSPS) is 13.9. The molecule has 0 N–H and O–H groups in total. The topological polar surface area (TPSA) is 51.8 Å². The summed E-state index contributed by atoms with van der Waals surface area (Å²) in [6, 6.07) is 61.3. The quantitative estimate of drug-likeness (QED) is 0.175. The molecule has 1 aliphatic rings. The molecule has 4 nitrogen and oxygen atoms in total. The molecule has 0 bridgehead atoms. The van der Waals surface area contributed by atoms with E-state index < -0.39 is 0 Å². The van der Waals surface area contributed by atoms with Gasteiger partial charge in [0.15, 0.2) is 17.5 Å². The average Bonchev–Trinajstić information content (AvgIpc) is 3.62. The molecule has 4 heteroatoms. The highest BCUT2D eigenvalue weighted by Gasteiger charge is 2.26. The minimum atomic E-state index is 0.290. The first-order valence-corrected chi connectivity index (χ1v) is 18.0. The van der Waals surface area contributed by atoms with Crippen molar-refractivity contribution in [3.05, 3.63) is 204 Å². The molecule has 0 saturated carbocycles. The molecule has 7 aromatic carbocycles. The Kier molecular flexibility index (Phi) is 7.58. The summed E-state index contributed by atoms with van der Waals surface area (Å²) in [6.45, 7) is 0. The molecular formula is C49H33N3O. The fraction of sp³-hybridized carbons (Fsp3) is 0.0408. The van der Waals surface area contributed by atoms with E-state index >= 15 is 0 Å². The lowest BCUT2D eigenvalue weighted by atomic mass is 9.77. The second-order valence-corrected chi connectivity index (χ2v) is 13.5. The van der Waals surface area contributed by atoms with Crippen LogP contribution in [0.5, 0.6) is 0 Å². The monoisotopic (exact) mass is 679 g/mol. The van der Waals surface area contributed by atoms with E-state index in [0.29, 0.717) is 23.4 Å². The van der Waals surface area contributed by atoms with Gasteiger partial charge in [-0.15, -0.1) is 0 Å². The molecule has 9 aromatic rings. The van der Waals surface area contributed by atoms with Crippen molar-refractivity contribution >= 4 is 27.5 Å². The van der Waals surface area contributed by atoms with E-state index in [2.05, 4.69) is 133 Å². The number of hydrogen-bond donors (Lipinski definition) is 0. The largest absolute Gasteiger partial charge is 0.456 e. The third kappa shape index (κ3) is 5.62. The molecule has 1 atom stereocenters. The predicted octanol–water partition coefficient (Wildman–Crippen LogP) is 12.4. The van der Waals surface area contributed by atoms with Gasteiger partial charge in [0.25, 0.3) is 0 Å². The van der Waals surface area contributed by atoms with Crippen molar-refractivity contribution in [1.82, 2.24) is 15.0 Å². The summed E-state index contributed by atoms with van der Waals surface area (Å²) < 4.78 is 6.61. The SMILES string of the molecule is C1=C(c2cc(-c3nc(-c4ccccc4)nc(-c4ccc(-c5ccccc5)cc4)n3)c3c(c2)oc2ccccc23)c2ccccc2C(c2ccccc2)C1. The second-order valence-electron chi connectivity index (χ2n) is 13.5. The third-order valence-corrected chi connectivity index (χ3v) is 10.3. The van der Waals surface area contributed by atoms with Crippen LogP contribution in [0.15, 0.2) is 186 Å². The number of para-hydroxylation sites is 1. The number of fused-ring (bicyclic) bond motifs is 4. The van der Waals surface area contributed by atoms with Gasteiger partial charge in [-0.05, 0) is 63.6 Å². The number of furan rings is 1. The summed E-state index contributed by atoms with van der Waals surface area (Å²) >= 11 is 0. The van der Waals surface area contributed by atoms with Gasteiger partial charge in [-0.3, -0.25) is 0 Å². The number of nitrogens with zero attached hydrogens (tertiary/aromatic N) is 3. The van der Waals surface area contributed by atoms with E-state index in [1.165, 1.54) is 27.8 Å².